The number of amides is 1. The lowest BCUT2D eigenvalue weighted by atomic mass is 9.92. The van der Waals surface area contributed by atoms with Gasteiger partial charge in [-0.1, -0.05) is 20.8 Å². The van der Waals surface area contributed by atoms with E-state index in [1.54, 1.807) is 0 Å². The van der Waals surface area contributed by atoms with Crippen molar-refractivity contribution in [1.29, 1.82) is 0 Å². The van der Waals surface area contributed by atoms with E-state index in [-0.39, 0.29) is 16.4 Å². The largest absolute Gasteiger partial charge is 0.382 e. The number of carbonyl (C=O) groups excluding carboxylic acids is 2. The lowest BCUT2D eigenvalue weighted by Crippen LogP contribution is -2.33. The molecule has 1 N–H and O–H groups in total. The van der Waals surface area contributed by atoms with Crippen LogP contribution >= 0.6 is 11.8 Å². The highest BCUT2D eigenvalue weighted by Crippen LogP contribution is 2.43. The number of hydrogen-bond donors (Lipinski definition) is 2. The summed E-state index contributed by atoms with van der Waals surface area (Å²) in [6.45, 7) is 5.92. The smallest absolute Gasteiger partial charge is 0.285 e. The third-order valence-corrected chi connectivity index (χ3v) is 3.15. The minimum Gasteiger partial charge on any atom is -0.382 e. The Bertz CT molecular complexity index is 415. The number of allylic oxidation sites excluding steroid dienone is 1. The summed E-state index contributed by atoms with van der Waals surface area (Å²) in [4.78, 5) is 28.6. The van der Waals surface area contributed by atoms with Gasteiger partial charge < -0.3 is 4.84 Å². The maximum Gasteiger partial charge on any atom is 0.285 e. The van der Waals surface area contributed by atoms with Crippen LogP contribution in [0.3, 0.4) is 0 Å². The van der Waals surface area contributed by atoms with Gasteiger partial charge in [0, 0.05) is 11.5 Å². The molecule has 2 aliphatic heterocycles. The molecule has 0 atom stereocenters. The molecule has 0 aromatic heterocycles. The fourth-order valence-corrected chi connectivity index (χ4v) is 2.63. The Balaban J connectivity index is 2.53. The maximum absolute atomic E-state index is 11.4. The van der Waals surface area contributed by atoms with E-state index in [2.05, 4.69) is 5.48 Å². The summed E-state index contributed by atoms with van der Waals surface area (Å²) in [5.74, 6) is 0.331. The quantitative estimate of drug-likeness (QED) is 0.611. The van der Waals surface area contributed by atoms with Crippen molar-refractivity contribution in [1.82, 2.24) is 5.48 Å². The lowest BCUT2D eigenvalue weighted by molar-refractivity contribution is -0.128. The highest BCUT2D eigenvalue weighted by atomic mass is 32.2. The van der Waals surface area contributed by atoms with Crippen molar-refractivity contribution in [2.75, 3.05) is 0 Å². The van der Waals surface area contributed by atoms with E-state index < -0.39 is 0 Å². The highest BCUT2D eigenvalue weighted by Gasteiger charge is 2.36. The van der Waals surface area contributed by atoms with Gasteiger partial charge in [-0.15, -0.1) is 11.8 Å². The Labute approximate surface area is 91.7 Å². The number of fused-ring (bicyclic) bond motifs is 1. The normalized spacial score (nSPS) is 20.9. The van der Waals surface area contributed by atoms with Gasteiger partial charge in [-0.3, -0.25) is 9.59 Å². The van der Waals surface area contributed by atoms with Gasteiger partial charge in [0.05, 0.1) is 10.5 Å². The van der Waals surface area contributed by atoms with E-state index in [9.17, 15) is 9.59 Å². The summed E-state index contributed by atoms with van der Waals surface area (Å²) in [7, 11) is 0. The third-order valence-electron chi connectivity index (χ3n) is 2.13. The summed E-state index contributed by atoms with van der Waals surface area (Å²) in [5.41, 5.74) is 2.53. The Kier molecular flexibility index (Phi) is 2.15. The Morgan fingerprint density at radius 1 is 1.33 bits per heavy atom. The first-order chi connectivity index (χ1) is 6.89. The zero-order valence-electron chi connectivity index (χ0n) is 8.75. The third kappa shape index (κ3) is 1.67. The van der Waals surface area contributed by atoms with E-state index in [4.69, 9.17) is 4.84 Å². The van der Waals surface area contributed by atoms with E-state index in [0.717, 1.165) is 0 Å². The van der Waals surface area contributed by atoms with E-state index in [1.165, 1.54) is 6.08 Å². The van der Waals surface area contributed by atoms with Crippen molar-refractivity contribution in [3.8, 4) is 0 Å². The Morgan fingerprint density at radius 2 is 2.00 bits per heavy atom. The number of hydroxylamine groups is 1. The minimum atomic E-state index is -0.337. The summed E-state index contributed by atoms with van der Waals surface area (Å²) < 4.78 is 0. The monoisotopic (exact) mass is 226 g/mol. The number of rotatable bonds is 0. The van der Waals surface area contributed by atoms with Crippen LogP contribution in [0.4, 0.5) is 0 Å². The van der Waals surface area contributed by atoms with Gasteiger partial charge in [0.2, 0.25) is 5.12 Å². The average molecular weight is 226 g/mol. The summed E-state index contributed by atoms with van der Waals surface area (Å²) in [6.07, 6.45) is 1.38. The highest BCUT2D eigenvalue weighted by molar-refractivity contribution is 8.18. The average Bonchev–Trinajstić information content (AvgIpc) is 2.45. The Hall–Kier alpha value is -1.23. The number of hydrogen-bond acceptors (Lipinski definition) is 3. The number of carbonyl (C=O) groups is 2. The van der Waals surface area contributed by atoms with Crippen LogP contribution in [-0.2, 0) is 14.4 Å². The van der Waals surface area contributed by atoms with Crippen molar-refractivity contribution in [2.45, 2.75) is 20.8 Å². The second-order valence-corrected chi connectivity index (χ2v) is 5.58. The van der Waals surface area contributed by atoms with Gasteiger partial charge in [-0.05, 0) is 0 Å². The first-order valence-electron chi connectivity index (χ1n) is 4.59. The number of nitrogens with one attached hydrogen (secondary N) is 1. The molecule has 2 aliphatic rings. The standard InChI is InChI=1S/C10H12NO3S/c1-10(2,3)8-7-5(4-6(12)15-7)9(13)11-14-8/h4,15H,1-3H3,(H,11,13). The van der Waals surface area contributed by atoms with Crippen LogP contribution in [0.5, 0.6) is 0 Å². The predicted octanol–water partition coefficient (Wildman–Crippen LogP) is 1.24. The van der Waals surface area contributed by atoms with Gasteiger partial charge in [-0.25, -0.2) is 0 Å². The van der Waals surface area contributed by atoms with Crippen molar-refractivity contribution in [3.05, 3.63) is 22.3 Å². The molecule has 0 aromatic carbocycles. The van der Waals surface area contributed by atoms with E-state index in [1.807, 2.05) is 20.8 Å². The van der Waals surface area contributed by atoms with E-state index >= 15 is 0 Å². The van der Waals surface area contributed by atoms with Crippen molar-refractivity contribution in [2.24, 2.45) is 5.41 Å². The van der Waals surface area contributed by atoms with Gasteiger partial charge in [0.1, 0.15) is 0 Å². The predicted molar refractivity (Wildman–Crippen MR) is 57.8 cm³/mol. The van der Waals surface area contributed by atoms with Crippen LogP contribution in [-0.4, -0.2) is 11.0 Å². The fourth-order valence-electron chi connectivity index (χ4n) is 1.45. The molecular weight excluding hydrogens is 214 g/mol. The van der Waals surface area contributed by atoms with Gasteiger partial charge >= 0.3 is 0 Å². The molecule has 0 saturated carbocycles. The molecular formula is C10H12NO3S. The molecule has 0 fully saturated rings. The van der Waals surface area contributed by atoms with Crippen molar-refractivity contribution < 1.29 is 14.4 Å². The van der Waals surface area contributed by atoms with Crippen LogP contribution in [0.1, 0.15) is 20.8 Å². The van der Waals surface area contributed by atoms with Crippen LogP contribution in [0.25, 0.3) is 0 Å². The molecule has 0 aliphatic carbocycles. The van der Waals surface area contributed by atoms with Crippen molar-refractivity contribution >= 4 is 22.8 Å². The second kappa shape index (κ2) is 3.13. The van der Waals surface area contributed by atoms with E-state index in [0.29, 0.717) is 28.0 Å². The SMILES string of the molecule is CC(C)(C)C1=C2[SH]C(=O)C=C2C(=O)NO1. The fraction of sp³-hybridized carbons (Fsp3) is 0.400. The maximum atomic E-state index is 11.4. The van der Waals surface area contributed by atoms with Crippen LogP contribution < -0.4 is 5.48 Å². The van der Waals surface area contributed by atoms with Gasteiger partial charge in [-0.2, -0.15) is 5.48 Å². The molecule has 1 amide bonds. The second-order valence-electron chi connectivity index (χ2n) is 4.47. The minimum absolute atomic E-state index is 0.0672. The molecule has 15 heavy (non-hydrogen) atoms. The van der Waals surface area contributed by atoms with Crippen LogP contribution in [0, 0.1) is 5.41 Å². The molecule has 0 spiro atoms. The first-order valence-corrected chi connectivity index (χ1v) is 5.49. The molecule has 2 heterocycles. The van der Waals surface area contributed by atoms with Crippen LogP contribution in [0.2, 0.25) is 0 Å². The molecule has 0 unspecified atom stereocenters. The molecule has 81 valence electrons. The zero-order chi connectivity index (χ0) is 11.2. The molecule has 5 heteroatoms. The molecule has 1 radical (unpaired) electrons. The summed E-state index contributed by atoms with van der Waals surface area (Å²) >= 11 is 0.532. The first kappa shape index (κ1) is 10.3. The lowest BCUT2D eigenvalue weighted by Gasteiger charge is -2.28. The molecule has 2 rings (SSSR count). The number of thiol groups is 1. The van der Waals surface area contributed by atoms with Gasteiger partial charge in [0.15, 0.2) is 5.76 Å². The summed E-state index contributed by atoms with van der Waals surface area (Å²) in [5, 5.41) is -0.0672. The molecule has 0 bridgehead atoms. The zero-order valence-corrected chi connectivity index (χ0v) is 9.64. The Morgan fingerprint density at radius 3 is 2.60 bits per heavy atom. The van der Waals surface area contributed by atoms with Gasteiger partial charge in [0.25, 0.3) is 5.91 Å². The molecule has 0 aromatic rings. The molecule has 4 nitrogen and oxygen atoms in total. The molecule has 0 saturated heterocycles. The topological polar surface area (TPSA) is 55.4 Å². The summed E-state index contributed by atoms with van der Waals surface area (Å²) in [6, 6.07) is 0. The van der Waals surface area contributed by atoms with Crippen LogP contribution in [0.15, 0.2) is 22.3 Å². The van der Waals surface area contributed by atoms with Crippen molar-refractivity contribution in [3.63, 3.8) is 0 Å².